The minimum atomic E-state index is -3.91. The molecule has 0 spiro atoms. The molecule has 10 heteroatoms. The predicted molar refractivity (Wildman–Crippen MR) is 135 cm³/mol. The first-order valence-corrected chi connectivity index (χ1v) is 13.6. The van der Waals surface area contributed by atoms with E-state index in [1.807, 2.05) is 20.8 Å². The largest absolute Gasteiger partial charge is 0.280 e. The average Bonchev–Trinajstić information content (AvgIpc) is 2.73. The molecule has 0 aromatic heterocycles. The van der Waals surface area contributed by atoms with Crippen molar-refractivity contribution in [3.8, 4) is 0 Å². The number of rotatable bonds is 6. The fraction of sp³-hybridized carbons (Fsp3) is 0.217. The molecule has 3 rings (SSSR count). The van der Waals surface area contributed by atoms with Gasteiger partial charge in [-0.25, -0.2) is 16.8 Å². The second kappa shape index (κ2) is 9.18. The quantitative estimate of drug-likeness (QED) is 0.403. The molecule has 3 aromatic rings. The smallest absolute Gasteiger partial charge is 0.262 e. The lowest BCUT2D eigenvalue weighted by atomic mass is 9.95. The molecule has 0 heterocycles. The molecule has 33 heavy (non-hydrogen) atoms. The monoisotopic (exact) mass is 526 g/mol. The Labute approximate surface area is 205 Å². The molecule has 3 aromatic carbocycles. The molecule has 0 atom stereocenters. The van der Waals surface area contributed by atoms with Gasteiger partial charge in [-0.3, -0.25) is 9.44 Å². The molecular formula is C23H24Cl2N2O4S2. The molecule has 0 aliphatic carbocycles. The number of nitrogens with one attached hydrogen (secondary N) is 2. The van der Waals surface area contributed by atoms with Crippen LogP contribution in [-0.2, 0) is 20.0 Å². The first kappa shape index (κ1) is 25.4. The van der Waals surface area contributed by atoms with E-state index in [1.165, 1.54) is 42.5 Å². The Morgan fingerprint density at radius 3 is 1.55 bits per heavy atom. The topological polar surface area (TPSA) is 92.3 Å². The van der Waals surface area contributed by atoms with Crippen molar-refractivity contribution >= 4 is 54.6 Å². The van der Waals surface area contributed by atoms with Crippen LogP contribution in [0, 0.1) is 34.6 Å². The maximum Gasteiger partial charge on any atom is 0.262 e. The van der Waals surface area contributed by atoms with Crippen LogP contribution in [0.15, 0.2) is 52.3 Å². The van der Waals surface area contributed by atoms with Crippen LogP contribution >= 0.6 is 23.2 Å². The lowest BCUT2D eigenvalue weighted by molar-refractivity contribution is 0.599. The number of hydrogen-bond acceptors (Lipinski definition) is 4. The summed E-state index contributed by atoms with van der Waals surface area (Å²) in [5.41, 5.74) is 4.79. The highest BCUT2D eigenvalue weighted by Gasteiger charge is 2.24. The highest BCUT2D eigenvalue weighted by Crippen LogP contribution is 2.31. The molecule has 0 bridgehead atoms. The molecule has 2 N–H and O–H groups in total. The zero-order chi connectivity index (χ0) is 24.7. The van der Waals surface area contributed by atoms with E-state index in [0.717, 1.165) is 16.7 Å². The summed E-state index contributed by atoms with van der Waals surface area (Å²) in [6, 6.07) is 9.83. The number of halogens is 2. The van der Waals surface area contributed by atoms with Gasteiger partial charge in [-0.1, -0.05) is 23.2 Å². The first-order valence-electron chi connectivity index (χ1n) is 9.92. The molecular weight excluding hydrogens is 503 g/mol. The van der Waals surface area contributed by atoms with Gasteiger partial charge < -0.3 is 0 Å². The molecule has 0 radical (unpaired) electrons. The molecule has 0 unspecified atom stereocenters. The molecule has 0 fully saturated rings. The van der Waals surface area contributed by atoms with Gasteiger partial charge in [0.15, 0.2) is 0 Å². The van der Waals surface area contributed by atoms with Gasteiger partial charge in [0.2, 0.25) is 0 Å². The van der Waals surface area contributed by atoms with Gasteiger partial charge in [-0.15, -0.1) is 0 Å². The molecule has 0 aliphatic rings. The maximum absolute atomic E-state index is 13.2. The summed E-state index contributed by atoms with van der Waals surface area (Å²) in [7, 11) is -7.80. The van der Waals surface area contributed by atoms with Gasteiger partial charge >= 0.3 is 0 Å². The SMILES string of the molecule is Cc1c(C)c(C)c(S(=O)(=O)Nc2ccc(S(=O)(=O)Nc3ccc(Cl)c(Cl)c3)cc2)c(C)c1C. The molecule has 0 aliphatic heterocycles. The van der Waals surface area contributed by atoms with Crippen LogP contribution in [0.2, 0.25) is 10.0 Å². The minimum Gasteiger partial charge on any atom is -0.280 e. The highest BCUT2D eigenvalue weighted by atomic mass is 35.5. The Bertz CT molecular complexity index is 1420. The highest BCUT2D eigenvalue weighted by molar-refractivity contribution is 7.93. The van der Waals surface area contributed by atoms with Gasteiger partial charge in [0, 0.05) is 5.69 Å². The summed E-state index contributed by atoms with van der Waals surface area (Å²) in [6.45, 7) is 9.34. The Morgan fingerprint density at radius 2 is 1.03 bits per heavy atom. The van der Waals surface area contributed by atoms with Crippen molar-refractivity contribution in [3.05, 3.63) is 80.3 Å². The van der Waals surface area contributed by atoms with Crippen molar-refractivity contribution in [1.82, 2.24) is 0 Å². The van der Waals surface area contributed by atoms with Crippen molar-refractivity contribution in [2.45, 2.75) is 44.4 Å². The van der Waals surface area contributed by atoms with Crippen LogP contribution in [0.4, 0.5) is 11.4 Å². The van der Waals surface area contributed by atoms with Crippen molar-refractivity contribution < 1.29 is 16.8 Å². The number of benzene rings is 3. The molecule has 176 valence electrons. The standard InChI is InChI=1S/C23H24Cl2N2O4S2/c1-13-14(2)16(4)23(17(5)15(13)3)33(30,31)26-18-6-9-20(10-7-18)32(28,29)27-19-8-11-21(24)22(25)12-19/h6-12,26-27H,1-5H3. The van der Waals surface area contributed by atoms with Crippen LogP contribution in [0.5, 0.6) is 0 Å². The van der Waals surface area contributed by atoms with E-state index in [4.69, 9.17) is 23.2 Å². The lowest BCUT2D eigenvalue weighted by Gasteiger charge is -2.19. The van der Waals surface area contributed by atoms with E-state index >= 15 is 0 Å². The molecule has 0 saturated carbocycles. The second-order valence-electron chi connectivity index (χ2n) is 7.82. The molecule has 0 saturated heterocycles. The summed E-state index contributed by atoms with van der Waals surface area (Å²) in [5.74, 6) is 0. The Hall–Kier alpha value is -2.26. The minimum absolute atomic E-state index is 0.0362. The summed E-state index contributed by atoms with van der Waals surface area (Å²) >= 11 is 11.8. The second-order valence-corrected chi connectivity index (χ2v) is 11.9. The fourth-order valence-electron chi connectivity index (χ4n) is 3.55. The normalized spacial score (nSPS) is 12.0. The van der Waals surface area contributed by atoms with Crippen molar-refractivity contribution in [1.29, 1.82) is 0 Å². The van der Waals surface area contributed by atoms with Crippen molar-refractivity contribution in [2.75, 3.05) is 9.44 Å². The number of sulfonamides is 2. The number of anilines is 2. The van der Waals surface area contributed by atoms with E-state index in [1.54, 1.807) is 13.8 Å². The lowest BCUT2D eigenvalue weighted by Crippen LogP contribution is -2.18. The number of hydrogen-bond donors (Lipinski definition) is 2. The van der Waals surface area contributed by atoms with E-state index in [-0.39, 0.29) is 26.2 Å². The Balaban J connectivity index is 1.88. The average molecular weight is 527 g/mol. The summed E-state index contributed by atoms with van der Waals surface area (Å²) in [4.78, 5) is 0.201. The van der Waals surface area contributed by atoms with E-state index in [9.17, 15) is 16.8 Å². The molecule has 6 nitrogen and oxygen atoms in total. The van der Waals surface area contributed by atoms with E-state index in [0.29, 0.717) is 16.1 Å². The maximum atomic E-state index is 13.2. The predicted octanol–water partition coefficient (Wildman–Crippen LogP) is 6.14. The zero-order valence-electron chi connectivity index (χ0n) is 18.7. The summed E-state index contributed by atoms with van der Waals surface area (Å²) in [6.07, 6.45) is 0. The molecule has 0 amide bonds. The summed E-state index contributed by atoms with van der Waals surface area (Å²) < 4.78 is 56.7. The third kappa shape index (κ3) is 5.14. The first-order chi connectivity index (χ1) is 15.2. The van der Waals surface area contributed by atoms with Crippen LogP contribution in [0.3, 0.4) is 0 Å². The van der Waals surface area contributed by atoms with E-state index in [2.05, 4.69) is 9.44 Å². The zero-order valence-corrected chi connectivity index (χ0v) is 21.9. The van der Waals surface area contributed by atoms with Gasteiger partial charge in [0.1, 0.15) is 0 Å². The van der Waals surface area contributed by atoms with Gasteiger partial charge in [0.05, 0.1) is 25.5 Å². The Kier molecular flexibility index (Phi) is 7.05. The van der Waals surface area contributed by atoms with Gasteiger partial charge in [-0.05, 0) is 105 Å². The van der Waals surface area contributed by atoms with Crippen LogP contribution < -0.4 is 9.44 Å². The van der Waals surface area contributed by atoms with Crippen molar-refractivity contribution in [3.63, 3.8) is 0 Å². The summed E-state index contributed by atoms with van der Waals surface area (Å²) in [5, 5.41) is 0.523. The third-order valence-corrected chi connectivity index (χ3v) is 9.58. The fourth-order valence-corrected chi connectivity index (χ4v) is 6.56. The van der Waals surface area contributed by atoms with Crippen LogP contribution in [-0.4, -0.2) is 16.8 Å². The van der Waals surface area contributed by atoms with Gasteiger partial charge in [0.25, 0.3) is 20.0 Å². The van der Waals surface area contributed by atoms with Crippen molar-refractivity contribution in [2.24, 2.45) is 0 Å². The Morgan fingerprint density at radius 1 is 0.576 bits per heavy atom. The van der Waals surface area contributed by atoms with Gasteiger partial charge in [-0.2, -0.15) is 0 Å². The third-order valence-electron chi connectivity index (χ3n) is 5.79. The van der Waals surface area contributed by atoms with Crippen LogP contribution in [0.1, 0.15) is 27.8 Å². The van der Waals surface area contributed by atoms with Crippen LogP contribution in [0.25, 0.3) is 0 Å². The van der Waals surface area contributed by atoms with E-state index < -0.39 is 20.0 Å².